The second-order valence-electron chi connectivity index (χ2n) is 26.9. The Bertz CT molecular complexity index is 7300. The van der Waals surface area contributed by atoms with Crippen LogP contribution in [0.2, 0.25) is 25.1 Å². The Hall–Kier alpha value is -8.92. The van der Waals surface area contributed by atoms with Gasteiger partial charge in [-0.2, -0.15) is 34.0 Å². The summed E-state index contributed by atoms with van der Waals surface area (Å²) in [5, 5.41) is 48.4. The predicted octanol–water partition coefficient (Wildman–Crippen LogP) is 22.5. The quantitative estimate of drug-likeness (QED) is 0.0311. The highest BCUT2D eigenvalue weighted by Gasteiger charge is 2.28. The molecule has 18 rings (SSSR count). The van der Waals surface area contributed by atoms with Crippen molar-refractivity contribution < 1.29 is 62.9 Å². The lowest BCUT2D eigenvalue weighted by molar-refractivity contribution is 0.424. The molecular weight excluding hydrogens is 2050 g/mol. The van der Waals surface area contributed by atoms with E-state index >= 15 is 0 Å². The molecular formula is C85H58B2Br2Cl5F4IN8O10S6. The second kappa shape index (κ2) is 39.3. The third-order valence-electron chi connectivity index (χ3n) is 18.6. The number of benzene rings is 7. The molecule has 0 radical (unpaired) electrons. The topological polar surface area (TPSA) is 265 Å². The van der Waals surface area contributed by atoms with Crippen molar-refractivity contribution in [3.8, 4) is 55.6 Å². The summed E-state index contributed by atoms with van der Waals surface area (Å²) in [4.78, 5) is 21.2. The molecule has 0 atom stereocenters. The van der Waals surface area contributed by atoms with Crippen molar-refractivity contribution in [3.63, 3.8) is 0 Å². The van der Waals surface area contributed by atoms with Gasteiger partial charge in [0, 0.05) is 117 Å². The van der Waals surface area contributed by atoms with Crippen LogP contribution in [0.5, 0.6) is 0 Å². The first-order valence-electron chi connectivity index (χ1n) is 35.8. The van der Waals surface area contributed by atoms with Crippen molar-refractivity contribution in [2.45, 2.75) is 35.5 Å². The third-order valence-corrected chi connectivity index (χ3v) is 29.1. The molecule has 38 heteroatoms. The molecule has 624 valence electrons. The minimum absolute atomic E-state index is 0.00406. The molecule has 5 N–H and O–H groups in total. The number of aromatic amines is 1. The number of aryl methyl sites for hydroxylation is 3. The van der Waals surface area contributed by atoms with Crippen molar-refractivity contribution >= 4 is 246 Å². The molecule has 0 spiro atoms. The van der Waals surface area contributed by atoms with E-state index in [9.17, 15) is 42.8 Å². The van der Waals surface area contributed by atoms with Crippen LogP contribution in [-0.2, 0) is 30.1 Å². The van der Waals surface area contributed by atoms with E-state index in [4.69, 9.17) is 78.1 Å². The number of nitrogens with zero attached hydrogens (tertiary/aromatic N) is 7. The molecule has 0 amide bonds. The van der Waals surface area contributed by atoms with Crippen LogP contribution < -0.4 is 10.9 Å². The predicted molar refractivity (Wildman–Crippen MR) is 503 cm³/mol. The van der Waals surface area contributed by atoms with Gasteiger partial charge in [-0.05, 0) is 262 Å². The molecule has 0 unspecified atom stereocenters. The highest BCUT2D eigenvalue weighted by molar-refractivity contribution is 14.1. The molecule has 7 aromatic carbocycles. The van der Waals surface area contributed by atoms with E-state index in [1.54, 1.807) is 155 Å². The van der Waals surface area contributed by atoms with E-state index in [0.717, 1.165) is 88.5 Å². The summed E-state index contributed by atoms with van der Waals surface area (Å²) in [6.45, 7) is 5.69. The maximum absolute atomic E-state index is 14.0. The lowest BCUT2D eigenvalue weighted by Gasteiger charge is -2.07. The number of nitrogens with one attached hydrogen (secondary N) is 1. The number of hydrogen-bond donors (Lipinski definition) is 5. The third kappa shape index (κ3) is 20.8. The molecule has 11 heterocycles. The second-order valence-corrected chi connectivity index (χ2v) is 39.6. The number of fused-ring (bicyclic) bond motifs is 4. The van der Waals surface area contributed by atoms with Gasteiger partial charge >= 0.3 is 14.2 Å². The van der Waals surface area contributed by atoms with E-state index in [1.165, 1.54) is 76.4 Å². The molecule has 0 aliphatic rings. The van der Waals surface area contributed by atoms with Crippen LogP contribution in [0, 0.1) is 47.6 Å². The average molecular weight is 2110 g/mol. The summed E-state index contributed by atoms with van der Waals surface area (Å²) in [6, 6.07) is 48.5. The number of rotatable bonds is 13. The molecule has 11 aromatic heterocycles. The zero-order valence-corrected chi connectivity index (χ0v) is 77.4. The number of thiophene rings is 3. The van der Waals surface area contributed by atoms with Gasteiger partial charge in [-0.3, -0.25) is 0 Å². The normalized spacial score (nSPS) is 11.4. The van der Waals surface area contributed by atoms with Gasteiger partial charge < -0.3 is 25.1 Å². The van der Waals surface area contributed by atoms with Gasteiger partial charge in [-0.25, -0.2) is 74.7 Å². The molecule has 0 aliphatic heterocycles. The summed E-state index contributed by atoms with van der Waals surface area (Å²) in [6.07, 6.45) is 13.0. The van der Waals surface area contributed by atoms with Gasteiger partial charge in [0.25, 0.3) is 30.1 Å². The molecule has 0 saturated heterocycles. The van der Waals surface area contributed by atoms with Crippen LogP contribution in [0.15, 0.2) is 287 Å². The Morgan fingerprint density at radius 2 is 0.797 bits per heavy atom. The molecule has 0 bridgehead atoms. The maximum Gasteiger partial charge on any atom is 0.489 e. The van der Waals surface area contributed by atoms with Crippen molar-refractivity contribution in [2.75, 3.05) is 0 Å². The Kier molecular flexibility index (Phi) is 29.3. The van der Waals surface area contributed by atoms with Crippen LogP contribution in [0.4, 0.5) is 17.6 Å². The Balaban J connectivity index is 0.000000133. The number of halogens is 12. The first-order chi connectivity index (χ1) is 58.6. The molecule has 18 aromatic rings. The summed E-state index contributed by atoms with van der Waals surface area (Å²) >= 11 is 43.1. The van der Waals surface area contributed by atoms with Crippen molar-refractivity contribution in [2.24, 2.45) is 0 Å². The Labute approximate surface area is 770 Å². The number of hydrogen-bond acceptors (Lipinski definition) is 17. The van der Waals surface area contributed by atoms with E-state index in [0.29, 0.717) is 48.6 Å². The van der Waals surface area contributed by atoms with Crippen LogP contribution >= 0.6 is 146 Å². The lowest BCUT2D eigenvalue weighted by atomic mass is 9.80. The summed E-state index contributed by atoms with van der Waals surface area (Å²) in [5.41, 5.74) is 13.3. The molecule has 0 fully saturated rings. The molecule has 0 saturated carbocycles. The minimum Gasteiger partial charge on any atom is -0.423 e. The highest BCUT2D eigenvalue weighted by atomic mass is 127. The maximum atomic E-state index is 14.0. The summed E-state index contributed by atoms with van der Waals surface area (Å²) in [5.74, 6) is -2.18. The number of H-pyrrole nitrogens is 1. The van der Waals surface area contributed by atoms with Gasteiger partial charge in [-0.1, -0.05) is 135 Å². The molecule has 18 nitrogen and oxygen atoms in total. The van der Waals surface area contributed by atoms with Crippen molar-refractivity contribution in [3.05, 3.63) is 341 Å². The molecule has 123 heavy (non-hydrogen) atoms. The zero-order valence-electron chi connectivity index (χ0n) is 63.4. The van der Waals surface area contributed by atoms with Gasteiger partial charge in [0.05, 0.1) is 39.8 Å². The smallest absolute Gasteiger partial charge is 0.423 e. The Morgan fingerprint density at radius 3 is 1.25 bits per heavy atom. The fraction of sp³-hybridized carbons (Fsp3) is 0.0353. The summed E-state index contributed by atoms with van der Waals surface area (Å²) in [7, 11) is -14.4. The van der Waals surface area contributed by atoms with Gasteiger partial charge in [0.2, 0.25) is 0 Å². The van der Waals surface area contributed by atoms with Gasteiger partial charge in [0.15, 0.2) is 16.9 Å². The van der Waals surface area contributed by atoms with Gasteiger partial charge in [0.1, 0.15) is 28.9 Å². The fourth-order valence-electron chi connectivity index (χ4n) is 12.2. The standard InChI is InChI=1S/C24H15Cl2FN2O2S2.C20H13BrClFN2O2S.C17H10ClFN2S.C14H10BrIN2O2S.C6H5BClFO2.C4H5BO2S/c1-14-2-4-17(5-3-14)33(30,31)29-12-20(18-6-7-21(27)23(26)22(18)25)19-10-16(11-28-24(19)29)15-8-9-32-13-15;1-12-2-5-15(6-3-12)28(26,27)25-11-17(13-4-7-19(23)18(22)8-13)16-9-14(21)10-24-20(16)25;18-15-6-10(1-2-16(15)19)14-8-21-17-13(14)5-12(7-20-17)11-3-4-22-9-11;1-9-2-4-11(5-3-9)21(19,20)18-8-13(16)12-6-10(15)7-17-14(12)18;8-5-3-4(7(10)11)1-2-6(5)9;6-5(7)4-1-2-8-3-4/h2-13H,1H3;2-11H,1H3;1-9H,(H,20,21);2-8H,1H3;1-3,10-11H;1-3,6-7H. The largest absolute Gasteiger partial charge is 0.489 e. The van der Waals surface area contributed by atoms with E-state index in [-0.39, 0.29) is 56.6 Å². The average Bonchev–Trinajstić information content (AvgIpc) is 1.57. The van der Waals surface area contributed by atoms with Crippen molar-refractivity contribution in [1.82, 2.24) is 36.8 Å². The lowest BCUT2D eigenvalue weighted by Crippen LogP contribution is -2.29. The number of aromatic nitrogens is 8. The summed E-state index contributed by atoms with van der Waals surface area (Å²) < 4.78 is 138. The van der Waals surface area contributed by atoms with Crippen LogP contribution in [0.3, 0.4) is 0 Å². The van der Waals surface area contributed by atoms with E-state index in [2.05, 4.69) is 96.9 Å². The SMILES string of the molecule is Cc1ccc(S(=O)(=O)n2cc(-c3ccc(F)c(Cl)c3)c3cc(Br)cnc32)cc1.Cc1ccc(S(=O)(=O)n2cc(-c3ccc(F)c(Cl)c3Cl)c3cc(-c4ccsc4)cnc32)cc1.Cc1ccc(S(=O)(=O)n2cc(I)c3cc(Br)cnc32)cc1.Fc1ccc(-c2c[nH]c3ncc(-c4ccsc4)cc23)cc1Cl.OB(O)c1ccc(F)c(Cl)c1.OB(O)c1ccsc1. The zero-order chi connectivity index (χ0) is 88.1. The fourth-order valence-corrected chi connectivity index (χ4v) is 20.7. The highest BCUT2D eigenvalue weighted by Crippen LogP contribution is 2.43. The first-order valence-corrected chi connectivity index (χ1v) is 47.5. The van der Waals surface area contributed by atoms with Gasteiger partial charge in [-0.15, -0.1) is 0 Å². The monoisotopic (exact) mass is 2100 g/mol. The number of pyridine rings is 4. The van der Waals surface area contributed by atoms with E-state index in [1.807, 2.05) is 67.5 Å². The minimum atomic E-state index is -3.96. The van der Waals surface area contributed by atoms with Crippen molar-refractivity contribution in [1.29, 1.82) is 0 Å². The van der Waals surface area contributed by atoms with E-state index < -0.39 is 67.6 Å². The van der Waals surface area contributed by atoms with Crippen LogP contribution in [0.25, 0.3) is 99.8 Å². The van der Waals surface area contributed by atoms with Crippen LogP contribution in [0.1, 0.15) is 16.7 Å². The molecule has 0 aliphatic carbocycles. The van der Waals surface area contributed by atoms with Crippen LogP contribution in [-0.4, -0.2) is 96.4 Å². The first kappa shape index (κ1) is 91.8. The Morgan fingerprint density at radius 1 is 0.390 bits per heavy atom.